The van der Waals surface area contributed by atoms with E-state index >= 15 is 0 Å². The number of benzene rings is 2. The third kappa shape index (κ3) is 5.02. The molecule has 0 unspecified atom stereocenters. The minimum atomic E-state index is -1.08. The first kappa shape index (κ1) is 22.3. The summed E-state index contributed by atoms with van der Waals surface area (Å²) >= 11 is 5.93. The number of nitrogens with one attached hydrogen (secondary N) is 1. The van der Waals surface area contributed by atoms with Gasteiger partial charge in [0, 0.05) is 25.1 Å². The minimum absolute atomic E-state index is 0.0182. The van der Waals surface area contributed by atoms with Crippen LogP contribution in [0.1, 0.15) is 18.1 Å². The molecule has 31 heavy (non-hydrogen) atoms. The molecular formula is C20H14ClF4N3O3. The van der Waals surface area contributed by atoms with E-state index in [4.69, 9.17) is 16.3 Å². The smallest absolute Gasteiger partial charge is 0.280 e. The van der Waals surface area contributed by atoms with Gasteiger partial charge in [0.25, 0.3) is 5.56 Å². The van der Waals surface area contributed by atoms with Crippen molar-refractivity contribution in [2.45, 2.75) is 20.1 Å². The second-order valence-corrected chi connectivity index (χ2v) is 6.76. The molecule has 0 saturated carbocycles. The molecule has 0 fully saturated rings. The van der Waals surface area contributed by atoms with Gasteiger partial charge in [-0.05, 0) is 29.8 Å². The summed E-state index contributed by atoms with van der Waals surface area (Å²) in [6, 6.07) is 4.74. The van der Waals surface area contributed by atoms with Crippen molar-refractivity contribution in [1.29, 1.82) is 0 Å². The zero-order chi connectivity index (χ0) is 22.7. The molecule has 0 saturated heterocycles. The van der Waals surface area contributed by atoms with Crippen molar-refractivity contribution in [3.63, 3.8) is 0 Å². The van der Waals surface area contributed by atoms with Crippen molar-refractivity contribution >= 4 is 17.5 Å². The van der Waals surface area contributed by atoms with Crippen LogP contribution in [0.15, 0.2) is 41.5 Å². The number of carbonyl (C=O) groups is 1. The molecule has 0 atom stereocenters. The Balaban J connectivity index is 1.88. The van der Waals surface area contributed by atoms with E-state index < -0.39 is 52.0 Å². The summed E-state index contributed by atoms with van der Waals surface area (Å²) in [5.74, 6) is -4.58. The second kappa shape index (κ2) is 9.17. The quantitative estimate of drug-likeness (QED) is 0.576. The number of hydrogen-bond donors (Lipinski definition) is 1. The normalized spacial score (nSPS) is 10.8. The summed E-state index contributed by atoms with van der Waals surface area (Å²) in [4.78, 5) is 27.2. The summed E-state index contributed by atoms with van der Waals surface area (Å²) in [5.41, 5.74) is -1.63. The molecule has 162 valence electrons. The standard InChI is InChI=1S/C20H14ClF4N3O3/c1-10(29)26-7-11-4-15(24)18(16(25)5-11)28-9-27-19(17(21)20(28)30)31-8-12-2-3-13(22)6-14(12)23/h2-6,9H,7-8H2,1H3,(H,26,29). The van der Waals surface area contributed by atoms with Crippen LogP contribution >= 0.6 is 11.6 Å². The molecule has 1 aromatic heterocycles. The van der Waals surface area contributed by atoms with Crippen molar-refractivity contribution in [1.82, 2.24) is 14.9 Å². The van der Waals surface area contributed by atoms with Gasteiger partial charge in [-0.15, -0.1) is 0 Å². The maximum atomic E-state index is 14.5. The predicted molar refractivity (Wildman–Crippen MR) is 103 cm³/mol. The largest absolute Gasteiger partial charge is 0.471 e. The molecule has 0 spiro atoms. The maximum Gasteiger partial charge on any atom is 0.280 e. The lowest BCUT2D eigenvalue weighted by Crippen LogP contribution is -2.23. The summed E-state index contributed by atoms with van der Waals surface area (Å²) in [6.07, 6.45) is 0.805. The van der Waals surface area contributed by atoms with E-state index in [2.05, 4.69) is 10.3 Å². The molecule has 1 N–H and O–H groups in total. The molecule has 1 amide bonds. The van der Waals surface area contributed by atoms with Crippen LogP contribution in [0.5, 0.6) is 5.88 Å². The van der Waals surface area contributed by atoms with Crippen LogP contribution < -0.4 is 15.6 Å². The van der Waals surface area contributed by atoms with Gasteiger partial charge in [-0.2, -0.15) is 0 Å². The monoisotopic (exact) mass is 455 g/mol. The predicted octanol–water partition coefficient (Wildman–Crippen LogP) is 3.66. The fourth-order valence-corrected chi connectivity index (χ4v) is 2.83. The number of ether oxygens (including phenoxy) is 1. The molecule has 2 aromatic carbocycles. The zero-order valence-electron chi connectivity index (χ0n) is 15.9. The molecule has 0 bridgehead atoms. The van der Waals surface area contributed by atoms with Gasteiger partial charge in [0.2, 0.25) is 11.8 Å². The number of carbonyl (C=O) groups excluding carboxylic acids is 1. The van der Waals surface area contributed by atoms with Crippen LogP contribution in [0.2, 0.25) is 5.02 Å². The zero-order valence-corrected chi connectivity index (χ0v) is 16.6. The van der Waals surface area contributed by atoms with E-state index in [1.807, 2.05) is 0 Å². The van der Waals surface area contributed by atoms with Gasteiger partial charge >= 0.3 is 0 Å². The Hall–Kier alpha value is -3.40. The average molecular weight is 456 g/mol. The Morgan fingerprint density at radius 1 is 1.13 bits per heavy atom. The lowest BCUT2D eigenvalue weighted by Gasteiger charge is -2.13. The molecule has 0 radical (unpaired) electrons. The van der Waals surface area contributed by atoms with Gasteiger partial charge in [0.15, 0.2) is 16.7 Å². The Morgan fingerprint density at radius 2 is 1.81 bits per heavy atom. The minimum Gasteiger partial charge on any atom is -0.471 e. The van der Waals surface area contributed by atoms with Crippen LogP contribution in [0.4, 0.5) is 17.6 Å². The van der Waals surface area contributed by atoms with E-state index in [1.165, 1.54) is 6.92 Å². The third-order valence-corrected chi connectivity index (χ3v) is 4.45. The van der Waals surface area contributed by atoms with Crippen LogP contribution in [-0.4, -0.2) is 15.5 Å². The van der Waals surface area contributed by atoms with Crippen molar-refractivity contribution in [2.24, 2.45) is 0 Å². The number of halogens is 5. The Bertz CT molecular complexity index is 1190. The van der Waals surface area contributed by atoms with E-state index in [0.717, 1.165) is 30.6 Å². The summed E-state index contributed by atoms with van der Waals surface area (Å²) in [5, 5.41) is 1.81. The first-order valence-electron chi connectivity index (χ1n) is 8.74. The fraction of sp³-hybridized carbons (Fsp3) is 0.150. The molecule has 0 aliphatic heterocycles. The van der Waals surface area contributed by atoms with Crippen molar-refractivity contribution in [3.05, 3.63) is 86.4 Å². The maximum absolute atomic E-state index is 14.5. The highest BCUT2D eigenvalue weighted by atomic mass is 35.5. The van der Waals surface area contributed by atoms with Gasteiger partial charge in [-0.3, -0.25) is 14.2 Å². The van der Waals surface area contributed by atoms with Gasteiger partial charge in [-0.1, -0.05) is 11.6 Å². The van der Waals surface area contributed by atoms with Crippen molar-refractivity contribution < 1.29 is 27.1 Å². The number of hydrogen-bond acceptors (Lipinski definition) is 4. The van der Waals surface area contributed by atoms with Crippen molar-refractivity contribution in [3.8, 4) is 11.6 Å². The molecule has 11 heteroatoms. The SMILES string of the molecule is CC(=O)NCc1cc(F)c(-n2cnc(OCc3ccc(F)cc3F)c(Cl)c2=O)c(F)c1. The van der Waals surface area contributed by atoms with Gasteiger partial charge in [0.05, 0.1) is 0 Å². The van der Waals surface area contributed by atoms with Gasteiger partial charge in [-0.25, -0.2) is 22.5 Å². The third-order valence-electron chi connectivity index (χ3n) is 4.12. The number of amides is 1. The van der Waals surface area contributed by atoms with Crippen LogP contribution in [-0.2, 0) is 17.9 Å². The van der Waals surface area contributed by atoms with Crippen LogP contribution in [0.3, 0.4) is 0 Å². The molecule has 3 aromatic rings. The van der Waals surface area contributed by atoms with E-state index in [-0.39, 0.29) is 23.6 Å². The molecular weight excluding hydrogens is 442 g/mol. The highest BCUT2D eigenvalue weighted by molar-refractivity contribution is 6.31. The first-order chi connectivity index (χ1) is 14.7. The molecule has 0 aliphatic carbocycles. The lowest BCUT2D eigenvalue weighted by molar-refractivity contribution is -0.119. The number of nitrogens with zero attached hydrogens (tertiary/aromatic N) is 2. The van der Waals surface area contributed by atoms with E-state index in [9.17, 15) is 27.2 Å². The molecule has 1 heterocycles. The van der Waals surface area contributed by atoms with Gasteiger partial charge in [0.1, 0.15) is 30.3 Å². The molecule has 3 rings (SSSR count). The summed E-state index contributed by atoms with van der Waals surface area (Å²) < 4.78 is 61.4. The Labute approximate surface area is 178 Å². The van der Waals surface area contributed by atoms with Crippen molar-refractivity contribution in [2.75, 3.05) is 0 Å². The number of aromatic nitrogens is 2. The summed E-state index contributed by atoms with van der Waals surface area (Å²) in [6.45, 7) is 0.731. The number of rotatable bonds is 6. The highest BCUT2D eigenvalue weighted by Crippen LogP contribution is 2.23. The lowest BCUT2D eigenvalue weighted by atomic mass is 10.1. The first-order valence-corrected chi connectivity index (χ1v) is 9.11. The van der Waals surface area contributed by atoms with E-state index in [1.54, 1.807) is 0 Å². The average Bonchev–Trinajstić information content (AvgIpc) is 2.69. The summed E-state index contributed by atoms with van der Waals surface area (Å²) in [7, 11) is 0. The van der Waals surface area contributed by atoms with Gasteiger partial charge < -0.3 is 10.1 Å². The molecule has 0 aliphatic rings. The Morgan fingerprint density at radius 3 is 2.42 bits per heavy atom. The van der Waals surface area contributed by atoms with Crippen LogP contribution in [0, 0.1) is 23.3 Å². The molecule has 6 nitrogen and oxygen atoms in total. The van der Waals surface area contributed by atoms with E-state index in [0.29, 0.717) is 10.6 Å². The second-order valence-electron chi connectivity index (χ2n) is 6.38. The van der Waals surface area contributed by atoms with Crippen LogP contribution in [0.25, 0.3) is 5.69 Å². The Kier molecular flexibility index (Phi) is 6.59. The highest BCUT2D eigenvalue weighted by Gasteiger charge is 2.19. The topological polar surface area (TPSA) is 73.2 Å². The fourth-order valence-electron chi connectivity index (χ4n) is 2.64.